The summed E-state index contributed by atoms with van der Waals surface area (Å²) in [4.78, 5) is 0.207. The van der Waals surface area contributed by atoms with E-state index in [1.165, 1.54) is 12.7 Å². The molecule has 0 spiro atoms. The van der Waals surface area contributed by atoms with Gasteiger partial charge in [0, 0.05) is 0 Å². The van der Waals surface area contributed by atoms with E-state index in [-0.39, 0.29) is 4.90 Å². The lowest BCUT2D eigenvalue weighted by atomic mass is 9.92. The highest BCUT2D eigenvalue weighted by Gasteiger charge is 2.27. The Hall–Kier alpha value is -2.63. The molecule has 0 aliphatic heterocycles. The summed E-state index contributed by atoms with van der Waals surface area (Å²) in [7, 11) is -2.29. The van der Waals surface area contributed by atoms with Crippen LogP contribution in [0.25, 0.3) is 0 Å². The van der Waals surface area contributed by atoms with Gasteiger partial charge in [0.1, 0.15) is 10.6 Å². The van der Waals surface area contributed by atoms with Crippen LogP contribution in [0.15, 0.2) is 71.6 Å². The molecular weight excluding hydrogens is 394 g/mol. The van der Waals surface area contributed by atoms with Crippen molar-refractivity contribution in [2.75, 3.05) is 7.11 Å². The van der Waals surface area contributed by atoms with Crippen molar-refractivity contribution in [2.45, 2.75) is 43.5 Å². The second kappa shape index (κ2) is 8.62. The predicted octanol–water partition coefficient (Wildman–Crippen LogP) is 4.95. The zero-order valence-corrected chi connectivity index (χ0v) is 18.2. The fraction of sp³-hybridized carbons (Fsp3) is 0.280. The number of aryl methyl sites for hydroxylation is 3. The van der Waals surface area contributed by atoms with E-state index < -0.39 is 16.1 Å². The van der Waals surface area contributed by atoms with Crippen molar-refractivity contribution in [3.05, 3.63) is 94.5 Å². The molecule has 3 aromatic carbocycles. The van der Waals surface area contributed by atoms with E-state index in [0.29, 0.717) is 5.75 Å². The minimum atomic E-state index is -3.82. The van der Waals surface area contributed by atoms with Crippen molar-refractivity contribution in [2.24, 2.45) is 0 Å². The second-order valence-electron chi connectivity index (χ2n) is 7.85. The molecule has 0 amide bonds. The molecule has 1 aliphatic rings. The zero-order valence-electron chi connectivity index (χ0n) is 17.4. The first-order chi connectivity index (χ1) is 14.5. The van der Waals surface area contributed by atoms with E-state index in [2.05, 4.69) is 4.72 Å². The van der Waals surface area contributed by atoms with Gasteiger partial charge < -0.3 is 4.74 Å². The molecule has 0 fully saturated rings. The molecule has 30 heavy (non-hydrogen) atoms. The fourth-order valence-corrected chi connectivity index (χ4v) is 5.48. The van der Waals surface area contributed by atoms with Crippen molar-refractivity contribution in [1.82, 2.24) is 4.72 Å². The van der Waals surface area contributed by atoms with Crippen LogP contribution in [-0.2, 0) is 22.9 Å². The lowest BCUT2D eigenvalue weighted by molar-refractivity contribution is 0.400. The molecule has 0 radical (unpaired) electrons. The maximum absolute atomic E-state index is 13.5. The molecule has 4 nitrogen and oxygen atoms in total. The highest BCUT2D eigenvalue weighted by Crippen LogP contribution is 2.33. The van der Waals surface area contributed by atoms with Crippen molar-refractivity contribution < 1.29 is 13.2 Å². The van der Waals surface area contributed by atoms with Crippen molar-refractivity contribution in [1.29, 1.82) is 0 Å². The van der Waals surface area contributed by atoms with E-state index in [9.17, 15) is 8.42 Å². The average molecular weight is 422 g/mol. The zero-order chi connectivity index (χ0) is 21.1. The summed E-state index contributed by atoms with van der Waals surface area (Å²) in [6.07, 6.45) is 4.09. The number of ether oxygens (including phenoxy) is 1. The summed E-state index contributed by atoms with van der Waals surface area (Å²) >= 11 is 0. The molecule has 156 valence electrons. The van der Waals surface area contributed by atoms with Gasteiger partial charge in [-0.2, -0.15) is 4.72 Å². The Kier molecular flexibility index (Phi) is 5.93. The monoisotopic (exact) mass is 421 g/mol. The Morgan fingerprint density at radius 3 is 2.10 bits per heavy atom. The molecule has 4 rings (SSSR count). The first-order valence-electron chi connectivity index (χ1n) is 10.3. The smallest absolute Gasteiger partial charge is 0.245 e. The van der Waals surface area contributed by atoms with Gasteiger partial charge in [-0.1, -0.05) is 60.2 Å². The molecule has 0 aromatic heterocycles. The summed E-state index contributed by atoms with van der Waals surface area (Å²) in [5.74, 6) is 0.402. The second-order valence-corrected chi connectivity index (χ2v) is 9.54. The minimum absolute atomic E-state index is 0.207. The highest BCUT2D eigenvalue weighted by atomic mass is 32.2. The fourth-order valence-electron chi connectivity index (χ4n) is 4.06. The van der Waals surface area contributed by atoms with Gasteiger partial charge in [0.05, 0.1) is 13.2 Å². The van der Waals surface area contributed by atoms with Gasteiger partial charge in [-0.25, -0.2) is 8.42 Å². The Bertz CT molecular complexity index is 1120. The first kappa shape index (κ1) is 20.6. The van der Waals surface area contributed by atoms with Crippen molar-refractivity contribution >= 4 is 10.0 Å². The van der Waals surface area contributed by atoms with E-state index >= 15 is 0 Å². The lowest BCUT2D eigenvalue weighted by Gasteiger charge is -2.23. The largest absolute Gasteiger partial charge is 0.495 e. The van der Waals surface area contributed by atoms with Crippen LogP contribution in [0.4, 0.5) is 0 Å². The van der Waals surface area contributed by atoms with Crippen LogP contribution in [-0.4, -0.2) is 15.5 Å². The molecule has 3 aromatic rings. The van der Waals surface area contributed by atoms with Crippen molar-refractivity contribution in [3.63, 3.8) is 0 Å². The van der Waals surface area contributed by atoms with Crippen LogP contribution in [0.3, 0.4) is 0 Å². The summed E-state index contributed by atoms with van der Waals surface area (Å²) in [5, 5.41) is 0. The van der Waals surface area contributed by atoms with Crippen LogP contribution < -0.4 is 9.46 Å². The minimum Gasteiger partial charge on any atom is -0.495 e. The quantitative estimate of drug-likeness (QED) is 0.613. The predicted molar refractivity (Wildman–Crippen MR) is 119 cm³/mol. The Labute approximate surface area is 179 Å². The summed E-state index contributed by atoms with van der Waals surface area (Å²) in [6, 6.07) is 20.8. The van der Waals surface area contributed by atoms with Crippen molar-refractivity contribution in [3.8, 4) is 5.75 Å². The highest BCUT2D eigenvalue weighted by molar-refractivity contribution is 7.89. The number of nitrogens with one attached hydrogen (secondary N) is 1. The maximum Gasteiger partial charge on any atom is 0.245 e. The topological polar surface area (TPSA) is 55.4 Å². The van der Waals surface area contributed by atoms with E-state index in [4.69, 9.17) is 4.74 Å². The number of hydrogen-bond acceptors (Lipinski definition) is 3. The molecule has 1 atom stereocenters. The number of sulfonamides is 1. The Morgan fingerprint density at radius 2 is 1.47 bits per heavy atom. The molecule has 1 unspecified atom stereocenters. The normalized spacial score (nSPS) is 14.7. The van der Waals surface area contributed by atoms with Gasteiger partial charge in [-0.05, 0) is 67.0 Å². The third kappa shape index (κ3) is 4.27. The number of benzene rings is 3. The molecule has 0 saturated carbocycles. The van der Waals surface area contributed by atoms with Crippen LogP contribution >= 0.6 is 0 Å². The molecule has 1 N–H and O–H groups in total. The van der Waals surface area contributed by atoms with Gasteiger partial charge in [-0.3, -0.25) is 0 Å². The van der Waals surface area contributed by atoms with E-state index in [1.807, 2.05) is 67.6 Å². The van der Waals surface area contributed by atoms with Crippen LogP contribution in [0.2, 0.25) is 0 Å². The average Bonchev–Trinajstić information content (AvgIpc) is 2.78. The molecule has 1 aliphatic carbocycles. The number of hydrogen-bond donors (Lipinski definition) is 1. The van der Waals surface area contributed by atoms with Gasteiger partial charge >= 0.3 is 0 Å². The molecular formula is C25H27NO3S. The first-order valence-corrected chi connectivity index (χ1v) is 11.8. The maximum atomic E-state index is 13.5. The van der Waals surface area contributed by atoms with Crippen LogP contribution in [0.1, 0.15) is 46.7 Å². The molecule has 5 heteroatoms. The van der Waals surface area contributed by atoms with Gasteiger partial charge in [0.25, 0.3) is 0 Å². The number of methoxy groups -OCH3 is 1. The SMILES string of the molecule is COc1cc2c(cc1S(=O)(=O)NC(c1ccccc1)c1ccc(C)cc1)CCCC2. The Morgan fingerprint density at radius 1 is 0.867 bits per heavy atom. The third-order valence-electron chi connectivity index (χ3n) is 5.73. The van der Waals surface area contributed by atoms with E-state index in [1.54, 1.807) is 6.07 Å². The standard InChI is InChI=1S/C25H27NO3S/c1-18-12-14-20(15-13-18)25(19-8-4-3-5-9-19)26-30(27,28)24-17-22-11-7-6-10-21(22)16-23(24)29-2/h3-5,8-9,12-17,25-26H,6-7,10-11H2,1-2H3. The lowest BCUT2D eigenvalue weighted by Crippen LogP contribution is -2.30. The van der Waals surface area contributed by atoms with Crippen LogP contribution in [0.5, 0.6) is 5.75 Å². The molecule has 0 saturated heterocycles. The third-order valence-corrected chi connectivity index (χ3v) is 7.18. The molecule has 0 heterocycles. The van der Waals surface area contributed by atoms with Gasteiger partial charge in [-0.15, -0.1) is 0 Å². The number of fused-ring (bicyclic) bond motifs is 1. The number of rotatable bonds is 6. The summed E-state index contributed by atoms with van der Waals surface area (Å²) in [5.41, 5.74) is 5.21. The Balaban J connectivity index is 1.76. The summed E-state index contributed by atoms with van der Waals surface area (Å²) < 4.78 is 35.5. The molecule has 0 bridgehead atoms. The summed E-state index contributed by atoms with van der Waals surface area (Å²) in [6.45, 7) is 2.02. The van der Waals surface area contributed by atoms with Crippen LogP contribution in [0, 0.1) is 6.92 Å². The van der Waals surface area contributed by atoms with E-state index in [0.717, 1.165) is 47.9 Å². The van der Waals surface area contributed by atoms with Gasteiger partial charge in [0.2, 0.25) is 10.0 Å². The van der Waals surface area contributed by atoms with Gasteiger partial charge in [0.15, 0.2) is 0 Å².